The Bertz CT molecular complexity index is 1160. The zero-order chi connectivity index (χ0) is 23.3. The summed E-state index contributed by atoms with van der Waals surface area (Å²) in [7, 11) is 5.53. The van der Waals surface area contributed by atoms with Crippen LogP contribution < -0.4 is 20.5 Å². The number of hydrazine groups is 2. The van der Waals surface area contributed by atoms with Crippen molar-refractivity contribution < 1.29 is 9.13 Å². The van der Waals surface area contributed by atoms with Gasteiger partial charge in [0.05, 0.1) is 24.5 Å². The number of rotatable bonds is 5. The standard InChI is InChI=1S/C23H31FN8O/c1-14(2)32-20-12-15(6-7-19(20)27-30(32)4)16-8-11-31-21(16)22(33-5)26-23(28-31)25-18-9-10-29(3)13-17(18)24/h6-8,11-12,14,17-18,27H,9-10,13H2,1-5H3,(H,25,28)/t17-,18+/m1/s1. The molecule has 3 aromatic rings. The van der Waals surface area contributed by atoms with E-state index in [0.29, 0.717) is 30.8 Å². The molecule has 0 unspecified atom stereocenters. The first-order valence-corrected chi connectivity index (χ1v) is 11.3. The molecule has 0 aliphatic carbocycles. The van der Waals surface area contributed by atoms with Crippen LogP contribution in [0.5, 0.6) is 5.88 Å². The summed E-state index contributed by atoms with van der Waals surface area (Å²) < 4.78 is 21.9. The SMILES string of the molecule is COc1nc(N[C@H]2CCN(C)C[C@H]2F)nn2ccc(-c3ccc4c(c3)N(C(C)C)N(C)N4)c12. The number of hydrogen-bond donors (Lipinski definition) is 2. The van der Waals surface area contributed by atoms with Gasteiger partial charge >= 0.3 is 0 Å². The predicted octanol–water partition coefficient (Wildman–Crippen LogP) is 3.26. The van der Waals surface area contributed by atoms with Crippen LogP contribution in [0, 0.1) is 0 Å². The van der Waals surface area contributed by atoms with E-state index in [0.717, 1.165) is 34.6 Å². The summed E-state index contributed by atoms with van der Waals surface area (Å²) in [5.41, 5.74) is 8.34. The monoisotopic (exact) mass is 454 g/mol. The number of benzene rings is 1. The quantitative estimate of drug-likeness (QED) is 0.609. The number of aromatic nitrogens is 3. The molecular formula is C23H31FN8O. The summed E-state index contributed by atoms with van der Waals surface area (Å²) in [6, 6.07) is 8.32. The summed E-state index contributed by atoms with van der Waals surface area (Å²) in [5, 5.41) is 12.0. The van der Waals surface area contributed by atoms with E-state index in [-0.39, 0.29) is 6.04 Å². The number of halogens is 1. The van der Waals surface area contributed by atoms with E-state index in [1.54, 1.807) is 11.6 Å². The minimum Gasteiger partial charge on any atom is -0.479 e. The maximum atomic E-state index is 14.5. The van der Waals surface area contributed by atoms with Crippen LogP contribution in [0.25, 0.3) is 16.6 Å². The Kier molecular flexibility index (Phi) is 5.49. The summed E-state index contributed by atoms with van der Waals surface area (Å²) in [4.78, 5) is 6.57. The van der Waals surface area contributed by atoms with E-state index in [4.69, 9.17) is 4.74 Å². The predicted molar refractivity (Wildman–Crippen MR) is 128 cm³/mol. The van der Waals surface area contributed by atoms with Gasteiger partial charge in [0.15, 0.2) is 0 Å². The highest BCUT2D eigenvalue weighted by molar-refractivity contribution is 5.88. The Morgan fingerprint density at radius 3 is 2.79 bits per heavy atom. The van der Waals surface area contributed by atoms with E-state index in [9.17, 15) is 4.39 Å². The zero-order valence-electron chi connectivity index (χ0n) is 19.7. The van der Waals surface area contributed by atoms with Gasteiger partial charge < -0.3 is 15.0 Å². The smallest absolute Gasteiger partial charge is 0.244 e. The number of fused-ring (bicyclic) bond motifs is 2. The van der Waals surface area contributed by atoms with Gasteiger partial charge in [-0.25, -0.2) is 8.91 Å². The molecule has 1 aromatic carbocycles. The average molecular weight is 455 g/mol. The third-order valence-corrected chi connectivity index (χ3v) is 6.38. The second kappa shape index (κ2) is 8.35. The van der Waals surface area contributed by atoms with Crippen molar-refractivity contribution in [2.24, 2.45) is 0 Å². The number of hydrogen-bond acceptors (Lipinski definition) is 8. The summed E-state index contributed by atoms with van der Waals surface area (Å²) in [6.07, 6.45) is 1.61. The number of anilines is 3. The van der Waals surface area contributed by atoms with Crippen LogP contribution in [-0.4, -0.2) is 77.2 Å². The Morgan fingerprint density at radius 2 is 2.06 bits per heavy atom. The number of alkyl halides is 1. The summed E-state index contributed by atoms with van der Waals surface area (Å²) in [5.74, 6) is 0.816. The van der Waals surface area contributed by atoms with Gasteiger partial charge in [-0.1, -0.05) is 6.07 Å². The second-order valence-corrected chi connectivity index (χ2v) is 9.09. The van der Waals surface area contributed by atoms with Crippen LogP contribution in [0.3, 0.4) is 0 Å². The van der Waals surface area contributed by atoms with Crippen molar-refractivity contribution in [2.75, 3.05) is 50.0 Å². The molecule has 2 aliphatic heterocycles. The fourth-order valence-corrected chi connectivity index (χ4v) is 4.81. The van der Waals surface area contributed by atoms with Gasteiger partial charge in [0.2, 0.25) is 11.8 Å². The molecule has 9 nitrogen and oxygen atoms in total. The van der Waals surface area contributed by atoms with Crippen LogP contribution in [-0.2, 0) is 0 Å². The number of methoxy groups -OCH3 is 1. The molecule has 1 fully saturated rings. The lowest BCUT2D eigenvalue weighted by atomic mass is 10.0. The van der Waals surface area contributed by atoms with Crippen LogP contribution in [0.4, 0.5) is 21.7 Å². The van der Waals surface area contributed by atoms with Gasteiger partial charge in [0.25, 0.3) is 0 Å². The van der Waals surface area contributed by atoms with E-state index < -0.39 is 6.17 Å². The molecule has 10 heteroatoms. The molecular weight excluding hydrogens is 423 g/mol. The highest BCUT2D eigenvalue weighted by atomic mass is 19.1. The fraction of sp³-hybridized carbons (Fsp3) is 0.478. The minimum atomic E-state index is -0.976. The Labute approximate surface area is 193 Å². The van der Waals surface area contributed by atoms with Crippen LogP contribution in [0.15, 0.2) is 30.5 Å². The fourth-order valence-electron chi connectivity index (χ4n) is 4.81. The number of likely N-dealkylation sites (tertiary alicyclic amines) is 1. The van der Waals surface area contributed by atoms with Crippen LogP contribution in [0.1, 0.15) is 20.3 Å². The van der Waals surface area contributed by atoms with Gasteiger partial charge in [-0.3, -0.25) is 10.4 Å². The zero-order valence-corrected chi connectivity index (χ0v) is 19.7. The summed E-state index contributed by atoms with van der Waals surface area (Å²) in [6.45, 7) is 5.55. The minimum absolute atomic E-state index is 0.301. The van der Waals surface area contributed by atoms with Crippen molar-refractivity contribution in [2.45, 2.75) is 38.5 Å². The van der Waals surface area contributed by atoms with Crippen molar-refractivity contribution in [1.29, 1.82) is 0 Å². The molecule has 2 N–H and O–H groups in total. The third-order valence-electron chi connectivity index (χ3n) is 6.38. The topological polar surface area (TPSA) is 73.2 Å². The maximum absolute atomic E-state index is 14.5. The Morgan fingerprint density at radius 1 is 1.24 bits per heavy atom. The first-order valence-electron chi connectivity index (χ1n) is 11.3. The number of nitrogens with one attached hydrogen (secondary N) is 2. The average Bonchev–Trinajstić information content (AvgIpc) is 3.34. The van der Waals surface area contributed by atoms with Gasteiger partial charge in [-0.15, -0.1) is 10.2 Å². The molecule has 0 spiro atoms. The van der Waals surface area contributed by atoms with E-state index >= 15 is 0 Å². The molecule has 33 heavy (non-hydrogen) atoms. The molecule has 176 valence electrons. The van der Waals surface area contributed by atoms with E-state index in [2.05, 4.69) is 57.9 Å². The van der Waals surface area contributed by atoms with Gasteiger partial charge in [0, 0.05) is 37.9 Å². The first-order chi connectivity index (χ1) is 15.9. The molecule has 0 amide bonds. The molecule has 0 radical (unpaired) electrons. The van der Waals surface area contributed by atoms with Crippen LogP contribution >= 0.6 is 0 Å². The number of ether oxygens (including phenoxy) is 1. The normalized spacial score (nSPS) is 21.5. The lowest BCUT2D eigenvalue weighted by molar-refractivity contribution is 0.149. The Hall–Kier alpha value is -3.11. The largest absolute Gasteiger partial charge is 0.479 e. The molecule has 2 aromatic heterocycles. The van der Waals surface area contributed by atoms with Gasteiger partial charge in [-0.05, 0) is 51.1 Å². The van der Waals surface area contributed by atoms with Crippen LogP contribution in [0.2, 0.25) is 0 Å². The second-order valence-electron chi connectivity index (χ2n) is 9.09. The highest BCUT2D eigenvalue weighted by Crippen LogP contribution is 2.40. The third kappa shape index (κ3) is 3.83. The molecule has 5 rings (SSSR count). The van der Waals surface area contributed by atoms with Crippen molar-refractivity contribution in [1.82, 2.24) is 24.6 Å². The molecule has 0 saturated carbocycles. The van der Waals surface area contributed by atoms with Crippen molar-refractivity contribution in [3.63, 3.8) is 0 Å². The van der Waals surface area contributed by atoms with Crippen molar-refractivity contribution >= 4 is 22.8 Å². The molecule has 2 aliphatic rings. The number of piperidine rings is 1. The molecule has 1 saturated heterocycles. The number of nitrogens with zero attached hydrogens (tertiary/aromatic N) is 6. The van der Waals surface area contributed by atoms with E-state index in [1.165, 1.54) is 0 Å². The first kappa shape index (κ1) is 21.7. The summed E-state index contributed by atoms with van der Waals surface area (Å²) >= 11 is 0. The van der Waals surface area contributed by atoms with Crippen molar-refractivity contribution in [3.8, 4) is 17.0 Å². The van der Waals surface area contributed by atoms with Crippen molar-refractivity contribution in [3.05, 3.63) is 30.5 Å². The maximum Gasteiger partial charge on any atom is 0.244 e. The molecule has 4 heterocycles. The Balaban J connectivity index is 1.50. The molecule has 2 atom stereocenters. The van der Waals surface area contributed by atoms with Gasteiger partial charge in [0.1, 0.15) is 11.7 Å². The van der Waals surface area contributed by atoms with E-state index in [1.807, 2.05) is 36.4 Å². The lowest BCUT2D eigenvalue weighted by Gasteiger charge is -2.32. The lowest BCUT2D eigenvalue weighted by Crippen LogP contribution is -2.46. The highest BCUT2D eigenvalue weighted by Gasteiger charge is 2.29. The van der Waals surface area contributed by atoms with Gasteiger partial charge in [-0.2, -0.15) is 4.98 Å². The molecule has 0 bridgehead atoms.